The van der Waals surface area contributed by atoms with E-state index >= 15 is 0 Å². The summed E-state index contributed by atoms with van der Waals surface area (Å²) in [5.41, 5.74) is 3.61. The van der Waals surface area contributed by atoms with Crippen LogP contribution < -0.4 is 5.32 Å². The van der Waals surface area contributed by atoms with Crippen molar-refractivity contribution >= 4 is 5.91 Å². The average Bonchev–Trinajstić information content (AvgIpc) is 2.96. The van der Waals surface area contributed by atoms with Gasteiger partial charge < -0.3 is 5.32 Å². The summed E-state index contributed by atoms with van der Waals surface area (Å²) < 4.78 is 0. The summed E-state index contributed by atoms with van der Waals surface area (Å²) >= 11 is 0. The van der Waals surface area contributed by atoms with Gasteiger partial charge in [0, 0.05) is 6.04 Å². The van der Waals surface area contributed by atoms with Crippen LogP contribution >= 0.6 is 0 Å². The molecule has 2 fully saturated rings. The van der Waals surface area contributed by atoms with Gasteiger partial charge in [0.1, 0.15) is 0 Å². The highest BCUT2D eigenvalue weighted by Gasteiger charge is 2.39. The van der Waals surface area contributed by atoms with Gasteiger partial charge in [-0.3, -0.25) is 4.79 Å². The summed E-state index contributed by atoms with van der Waals surface area (Å²) in [5.74, 6) is 1.84. The third kappa shape index (κ3) is 2.68. The van der Waals surface area contributed by atoms with Crippen molar-refractivity contribution in [2.24, 2.45) is 11.8 Å². The van der Waals surface area contributed by atoms with Crippen molar-refractivity contribution in [2.45, 2.75) is 52.0 Å². The lowest BCUT2D eigenvalue weighted by Crippen LogP contribution is -2.39. The highest BCUT2D eigenvalue weighted by molar-refractivity contribution is 5.79. The normalized spacial score (nSPS) is 28.6. The third-order valence-corrected chi connectivity index (χ3v) is 4.94. The largest absolute Gasteiger partial charge is 0.353 e. The molecule has 19 heavy (non-hydrogen) atoms. The van der Waals surface area contributed by atoms with Crippen molar-refractivity contribution in [1.29, 1.82) is 0 Å². The molecule has 2 nitrogen and oxygen atoms in total. The summed E-state index contributed by atoms with van der Waals surface area (Å²) in [5, 5.41) is 3.27. The van der Waals surface area contributed by atoms with Crippen molar-refractivity contribution in [3.05, 3.63) is 34.9 Å². The minimum Gasteiger partial charge on any atom is -0.353 e. The monoisotopic (exact) mass is 257 g/mol. The zero-order valence-corrected chi connectivity index (χ0v) is 11.9. The fourth-order valence-corrected chi connectivity index (χ4v) is 3.84. The number of carbonyl (C=O) groups excluding carboxylic acids is 1. The van der Waals surface area contributed by atoms with Gasteiger partial charge in [-0.25, -0.2) is 0 Å². The van der Waals surface area contributed by atoms with Crippen LogP contribution in [-0.4, -0.2) is 11.9 Å². The Morgan fingerprint density at radius 3 is 2.79 bits per heavy atom. The first kappa shape index (κ1) is 12.7. The second-order valence-electron chi connectivity index (χ2n) is 6.46. The van der Waals surface area contributed by atoms with E-state index in [1.165, 1.54) is 42.4 Å². The molecule has 1 N–H and O–H groups in total. The molecule has 0 aliphatic heterocycles. The molecule has 0 unspecified atom stereocenters. The predicted octanol–water partition coefficient (Wildman–Crippen LogP) is 3.15. The molecule has 0 saturated heterocycles. The van der Waals surface area contributed by atoms with Crippen molar-refractivity contribution in [3.8, 4) is 0 Å². The number of rotatable bonds is 3. The topological polar surface area (TPSA) is 29.1 Å². The number of amides is 1. The summed E-state index contributed by atoms with van der Waals surface area (Å²) in [6, 6.07) is 6.80. The van der Waals surface area contributed by atoms with E-state index in [0.717, 1.165) is 11.8 Å². The van der Waals surface area contributed by atoms with E-state index in [9.17, 15) is 4.79 Å². The molecule has 0 aromatic heterocycles. The average molecular weight is 257 g/mol. The van der Waals surface area contributed by atoms with Crippen LogP contribution in [0.15, 0.2) is 18.2 Å². The Balaban J connectivity index is 1.61. The van der Waals surface area contributed by atoms with Gasteiger partial charge in [0.2, 0.25) is 5.91 Å². The van der Waals surface area contributed by atoms with Gasteiger partial charge in [0.25, 0.3) is 0 Å². The molecule has 1 aromatic carbocycles. The lowest BCUT2D eigenvalue weighted by atomic mass is 9.95. The Hall–Kier alpha value is -1.31. The number of hydrogen-bond acceptors (Lipinski definition) is 1. The molecule has 2 aliphatic carbocycles. The van der Waals surface area contributed by atoms with E-state index in [-0.39, 0.29) is 5.91 Å². The van der Waals surface area contributed by atoms with Crippen molar-refractivity contribution in [1.82, 2.24) is 5.32 Å². The fourth-order valence-electron chi connectivity index (χ4n) is 3.84. The second kappa shape index (κ2) is 4.99. The van der Waals surface area contributed by atoms with Crippen LogP contribution in [0, 0.1) is 25.7 Å². The molecule has 0 spiro atoms. The Bertz CT molecular complexity index is 494. The SMILES string of the molecule is Cc1ccc(C)c(CC(=O)N[C@H]2C[C@H]3CC[C@@H]2C3)c1. The molecule has 3 atom stereocenters. The molecule has 0 radical (unpaired) electrons. The molecule has 1 amide bonds. The highest BCUT2D eigenvalue weighted by atomic mass is 16.1. The Labute approximate surface area is 115 Å². The molecular formula is C17H23NO. The van der Waals surface area contributed by atoms with E-state index in [4.69, 9.17) is 0 Å². The maximum atomic E-state index is 12.2. The first-order chi connectivity index (χ1) is 9.11. The van der Waals surface area contributed by atoms with E-state index in [1.807, 2.05) is 0 Å². The number of benzene rings is 1. The maximum Gasteiger partial charge on any atom is 0.224 e. The van der Waals surface area contributed by atoms with Crippen LogP contribution in [0.5, 0.6) is 0 Å². The second-order valence-corrected chi connectivity index (χ2v) is 6.46. The first-order valence-corrected chi connectivity index (χ1v) is 7.47. The number of nitrogens with one attached hydrogen (secondary N) is 1. The molecule has 3 rings (SSSR count). The van der Waals surface area contributed by atoms with Crippen molar-refractivity contribution < 1.29 is 4.79 Å². The molecule has 2 heteroatoms. The van der Waals surface area contributed by atoms with Gasteiger partial charge in [-0.05, 0) is 56.1 Å². The van der Waals surface area contributed by atoms with Crippen LogP contribution in [0.1, 0.15) is 42.4 Å². The van der Waals surface area contributed by atoms with Crippen LogP contribution in [0.25, 0.3) is 0 Å². The van der Waals surface area contributed by atoms with E-state index in [0.29, 0.717) is 12.5 Å². The van der Waals surface area contributed by atoms with Gasteiger partial charge in [-0.2, -0.15) is 0 Å². The summed E-state index contributed by atoms with van der Waals surface area (Å²) in [6.45, 7) is 4.16. The Morgan fingerprint density at radius 2 is 2.11 bits per heavy atom. The molecular weight excluding hydrogens is 234 g/mol. The summed E-state index contributed by atoms with van der Waals surface area (Å²) in [6.07, 6.45) is 5.78. The smallest absolute Gasteiger partial charge is 0.224 e. The molecule has 2 bridgehead atoms. The van der Waals surface area contributed by atoms with E-state index in [2.05, 4.69) is 37.4 Å². The van der Waals surface area contributed by atoms with Crippen LogP contribution in [0.2, 0.25) is 0 Å². The predicted molar refractivity (Wildman–Crippen MR) is 77.0 cm³/mol. The molecule has 2 aliphatic rings. The minimum absolute atomic E-state index is 0.200. The van der Waals surface area contributed by atoms with Crippen LogP contribution in [-0.2, 0) is 11.2 Å². The van der Waals surface area contributed by atoms with Gasteiger partial charge in [0.05, 0.1) is 6.42 Å². The maximum absolute atomic E-state index is 12.2. The lowest BCUT2D eigenvalue weighted by molar-refractivity contribution is -0.121. The fraction of sp³-hybridized carbons (Fsp3) is 0.588. The number of aryl methyl sites for hydroxylation is 2. The van der Waals surface area contributed by atoms with Gasteiger partial charge in [0.15, 0.2) is 0 Å². The number of hydrogen-bond donors (Lipinski definition) is 1. The van der Waals surface area contributed by atoms with E-state index < -0.39 is 0 Å². The lowest BCUT2D eigenvalue weighted by Gasteiger charge is -2.23. The molecule has 2 saturated carbocycles. The zero-order chi connectivity index (χ0) is 13.4. The van der Waals surface area contributed by atoms with Gasteiger partial charge in [-0.1, -0.05) is 30.2 Å². The van der Waals surface area contributed by atoms with E-state index in [1.54, 1.807) is 0 Å². The molecule has 1 aromatic rings. The Morgan fingerprint density at radius 1 is 1.26 bits per heavy atom. The number of carbonyl (C=O) groups is 1. The van der Waals surface area contributed by atoms with Gasteiger partial charge in [-0.15, -0.1) is 0 Å². The van der Waals surface area contributed by atoms with Crippen molar-refractivity contribution in [3.63, 3.8) is 0 Å². The molecule has 102 valence electrons. The zero-order valence-electron chi connectivity index (χ0n) is 11.9. The first-order valence-electron chi connectivity index (χ1n) is 7.47. The van der Waals surface area contributed by atoms with Crippen LogP contribution in [0.3, 0.4) is 0 Å². The van der Waals surface area contributed by atoms with Gasteiger partial charge >= 0.3 is 0 Å². The molecule has 0 heterocycles. The minimum atomic E-state index is 0.200. The van der Waals surface area contributed by atoms with Crippen molar-refractivity contribution in [2.75, 3.05) is 0 Å². The summed E-state index contributed by atoms with van der Waals surface area (Å²) in [4.78, 5) is 12.2. The number of fused-ring (bicyclic) bond motifs is 2. The highest BCUT2D eigenvalue weighted by Crippen LogP contribution is 2.44. The third-order valence-electron chi connectivity index (χ3n) is 4.94. The quantitative estimate of drug-likeness (QED) is 0.885. The van der Waals surface area contributed by atoms with Crippen LogP contribution in [0.4, 0.5) is 0 Å². The summed E-state index contributed by atoms with van der Waals surface area (Å²) in [7, 11) is 0. The Kier molecular flexibility index (Phi) is 3.34. The standard InChI is InChI=1S/C17H23NO/c1-11-3-4-12(2)15(7-11)10-17(19)18-16-9-13-5-6-14(16)8-13/h3-4,7,13-14,16H,5-6,8-10H2,1-2H3,(H,18,19)/t13-,14+,16-/m0/s1.